The molecule has 19 heavy (non-hydrogen) atoms. The van der Waals surface area contributed by atoms with Gasteiger partial charge in [0.15, 0.2) is 5.82 Å². The van der Waals surface area contributed by atoms with Gasteiger partial charge in [0.2, 0.25) is 0 Å². The van der Waals surface area contributed by atoms with Crippen LogP contribution in [0.3, 0.4) is 0 Å². The molecule has 1 heterocycles. The molecule has 0 atom stereocenters. The van der Waals surface area contributed by atoms with Crippen molar-refractivity contribution in [1.82, 2.24) is 9.97 Å². The Morgan fingerprint density at radius 1 is 1.37 bits per heavy atom. The maximum absolute atomic E-state index is 11.4. The molecular formula is C13H14BrN3O2. The highest BCUT2D eigenvalue weighted by molar-refractivity contribution is 9.10. The summed E-state index contributed by atoms with van der Waals surface area (Å²) < 4.78 is 5.87. The standard InChI is InChI=1S/C13H14BrN3O2/c1-2-7-19-10-5-3-9(4-6-10)17-12-11(14)13(18)16-8-15-12/h3-6,8H,2,7H2,1H3,(H2,15,16,17,18). The quantitative estimate of drug-likeness (QED) is 0.887. The molecule has 0 aliphatic carbocycles. The minimum absolute atomic E-state index is 0.222. The van der Waals surface area contributed by atoms with Crippen LogP contribution in [0.4, 0.5) is 11.5 Å². The zero-order valence-electron chi connectivity index (χ0n) is 10.4. The number of halogens is 1. The monoisotopic (exact) mass is 323 g/mol. The second-order valence-corrected chi connectivity index (χ2v) is 4.69. The second kappa shape index (κ2) is 6.38. The average molecular weight is 324 g/mol. The van der Waals surface area contributed by atoms with Crippen molar-refractivity contribution >= 4 is 27.4 Å². The molecule has 0 bridgehead atoms. The van der Waals surface area contributed by atoms with Crippen molar-refractivity contribution in [2.24, 2.45) is 0 Å². The van der Waals surface area contributed by atoms with Gasteiger partial charge in [0.25, 0.3) is 5.56 Å². The van der Waals surface area contributed by atoms with Gasteiger partial charge in [-0.2, -0.15) is 0 Å². The number of ether oxygens (including phenoxy) is 1. The van der Waals surface area contributed by atoms with Crippen molar-refractivity contribution in [2.75, 3.05) is 11.9 Å². The van der Waals surface area contributed by atoms with Crippen molar-refractivity contribution in [1.29, 1.82) is 0 Å². The lowest BCUT2D eigenvalue weighted by Crippen LogP contribution is -2.09. The maximum Gasteiger partial charge on any atom is 0.267 e. The third kappa shape index (κ3) is 3.57. The molecular weight excluding hydrogens is 310 g/mol. The summed E-state index contributed by atoms with van der Waals surface area (Å²) in [5, 5.41) is 3.06. The van der Waals surface area contributed by atoms with Gasteiger partial charge in [0.1, 0.15) is 10.2 Å². The second-order valence-electron chi connectivity index (χ2n) is 3.89. The Hall–Kier alpha value is -1.82. The lowest BCUT2D eigenvalue weighted by Gasteiger charge is -2.08. The highest BCUT2D eigenvalue weighted by Gasteiger charge is 2.05. The highest BCUT2D eigenvalue weighted by atomic mass is 79.9. The van der Waals surface area contributed by atoms with Crippen molar-refractivity contribution in [3.8, 4) is 5.75 Å². The summed E-state index contributed by atoms with van der Waals surface area (Å²) in [6.45, 7) is 2.76. The number of aromatic amines is 1. The van der Waals surface area contributed by atoms with Gasteiger partial charge >= 0.3 is 0 Å². The largest absolute Gasteiger partial charge is 0.494 e. The van der Waals surface area contributed by atoms with Gasteiger partial charge in [-0.15, -0.1) is 0 Å². The highest BCUT2D eigenvalue weighted by Crippen LogP contribution is 2.22. The van der Waals surface area contributed by atoms with Crippen molar-refractivity contribution in [3.63, 3.8) is 0 Å². The molecule has 0 fully saturated rings. The number of aromatic nitrogens is 2. The molecule has 1 aromatic heterocycles. The number of benzene rings is 1. The van der Waals surface area contributed by atoms with Gasteiger partial charge in [-0.05, 0) is 46.6 Å². The summed E-state index contributed by atoms with van der Waals surface area (Å²) in [5.41, 5.74) is 0.614. The topological polar surface area (TPSA) is 67.0 Å². The fourth-order valence-corrected chi connectivity index (χ4v) is 1.78. The summed E-state index contributed by atoms with van der Waals surface area (Å²) in [6, 6.07) is 7.50. The predicted octanol–water partition coefficient (Wildman–Crippen LogP) is 3.06. The van der Waals surface area contributed by atoms with E-state index in [1.54, 1.807) is 0 Å². The molecule has 2 N–H and O–H groups in total. The van der Waals surface area contributed by atoms with E-state index in [9.17, 15) is 4.79 Å². The Bertz CT molecular complexity index is 596. The van der Waals surface area contributed by atoms with Crippen molar-refractivity contribution in [2.45, 2.75) is 13.3 Å². The van der Waals surface area contributed by atoms with Gasteiger partial charge in [-0.1, -0.05) is 6.92 Å². The molecule has 0 amide bonds. The normalized spacial score (nSPS) is 10.2. The Labute approximate surface area is 119 Å². The Balaban J connectivity index is 2.11. The fraction of sp³-hybridized carbons (Fsp3) is 0.231. The minimum atomic E-state index is -0.222. The van der Waals surface area contributed by atoms with E-state index in [1.165, 1.54) is 6.33 Å². The Morgan fingerprint density at radius 2 is 2.11 bits per heavy atom. The van der Waals surface area contributed by atoms with Crippen LogP contribution >= 0.6 is 15.9 Å². The first kappa shape index (κ1) is 13.6. The SMILES string of the molecule is CCCOc1ccc(Nc2nc[nH]c(=O)c2Br)cc1. The lowest BCUT2D eigenvalue weighted by atomic mass is 10.3. The summed E-state index contributed by atoms with van der Waals surface area (Å²) in [5.74, 6) is 1.30. The zero-order valence-corrected chi connectivity index (χ0v) is 12.0. The zero-order chi connectivity index (χ0) is 13.7. The molecule has 2 aromatic rings. The van der Waals surface area contributed by atoms with Crippen LogP contribution in [0.5, 0.6) is 5.75 Å². The van der Waals surface area contributed by atoms with Crippen LogP contribution < -0.4 is 15.6 Å². The lowest BCUT2D eigenvalue weighted by molar-refractivity contribution is 0.317. The number of nitrogens with zero attached hydrogens (tertiary/aromatic N) is 1. The van der Waals surface area contributed by atoms with Crippen LogP contribution in [0, 0.1) is 0 Å². The first-order valence-electron chi connectivity index (χ1n) is 5.93. The molecule has 100 valence electrons. The molecule has 1 aromatic carbocycles. The molecule has 6 heteroatoms. The summed E-state index contributed by atoms with van der Waals surface area (Å²) in [7, 11) is 0. The third-order valence-electron chi connectivity index (χ3n) is 2.39. The van der Waals surface area contributed by atoms with Gasteiger partial charge in [0.05, 0.1) is 12.9 Å². The molecule has 0 aliphatic heterocycles. The molecule has 0 unspecified atom stereocenters. The smallest absolute Gasteiger partial charge is 0.267 e. The molecule has 5 nitrogen and oxygen atoms in total. The van der Waals surface area contributed by atoms with E-state index in [0.717, 1.165) is 17.9 Å². The number of nitrogens with one attached hydrogen (secondary N) is 2. The van der Waals surface area contributed by atoms with Gasteiger partial charge in [0, 0.05) is 5.69 Å². The molecule has 0 saturated heterocycles. The van der Waals surface area contributed by atoms with Gasteiger partial charge < -0.3 is 15.0 Å². The Kier molecular flexibility index (Phi) is 4.57. The molecule has 0 saturated carbocycles. The van der Waals surface area contributed by atoms with Crippen LogP contribution in [0.15, 0.2) is 39.9 Å². The van der Waals surface area contributed by atoms with E-state index in [4.69, 9.17) is 4.74 Å². The molecule has 0 radical (unpaired) electrons. The van der Waals surface area contributed by atoms with Crippen LogP contribution in [0.1, 0.15) is 13.3 Å². The summed E-state index contributed by atoms with van der Waals surface area (Å²) >= 11 is 3.19. The maximum atomic E-state index is 11.4. The van der Waals surface area contributed by atoms with Crippen molar-refractivity contribution < 1.29 is 4.74 Å². The summed E-state index contributed by atoms with van der Waals surface area (Å²) in [4.78, 5) is 17.9. The van der Waals surface area contributed by atoms with Crippen molar-refractivity contribution in [3.05, 3.63) is 45.4 Å². The van der Waals surface area contributed by atoms with Gasteiger partial charge in [-0.3, -0.25) is 4.79 Å². The number of hydrogen-bond donors (Lipinski definition) is 2. The molecule has 2 rings (SSSR count). The number of hydrogen-bond acceptors (Lipinski definition) is 4. The fourth-order valence-electron chi connectivity index (χ4n) is 1.46. The van der Waals surface area contributed by atoms with Crippen LogP contribution in [0.2, 0.25) is 0 Å². The van der Waals surface area contributed by atoms with E-state index >= 15 is 0 Å². The minimum Gasteiger partial charge on any atom is -0.494 e. The Morgan fingerprint density at radius 3 is 2.79 bits per heavy atom. The molecule has 0 aliphatic rings. The number of rotatable bonds is 5. The first-order valence-corrected chi connectivity index (χ1v) is 6.73. The van der Waals surface area contributed by atoms with E-state index in [1.807, 2.05) is 24.3 Å². The number of anilines is 2. The average Bonchev–Trinajstić information content (AvgIpc) is 2.43. The van der Waals surface area contributed by atoms with Crippen LogP contribution in [-0.4, -0.2) is 16.6 Å². The van der Waals surface area contributed by atoms with E-state index in [0.29, 0.717) is 16.9 Å². The number of H-pyrrole nitrogens is 1. The van der Waals surface area contributed by atoms with Crippen LogP contribution in [-0.2, 0) is 0 Å². The molecule has 0 spiro atoms. The third-order valence-corrected chi connectivity index (χ3v) is 3.12. The van der Waals surface area contributed by atoms with E-state index in [2.05, 4.69) is 38.1 Å². The van der Waals surface area contributed by atoms with E-state index in [-0.39, 0.29) is 5.56 Å². The van der Waals surface area contributed by atoms with E-state index < -0.39 is 0 Å². The first-order chi connectivity index (χ1) is 9.20. The van der Waals surface area contributed by atoms with Gasteiger partial charge in [-0.25, -0.2) is 4.98 Å². The summed E-state index contributed by atoms with van der Waals surface area (Å²) in [6.07, 6.45) is 2.33. The van der Waals surface area contributed by atoms with Crippen LogP contribution in [0.25, 0.3) is 0 Å². The predicted molar refractivity (Wildman–Crippen MR) is 78.1 cm³/mol.